The number of carbonyl (C=O) groups excluding carboxylic acids is 1. The average molecular weight is 388 g/mol. The first-order chi connectivity index (χ1) is 12.6. The molecule has 3 aromatic rings. The number of aromatic nitrogens is 2. The minimum atomic E-state index is -0.373. The summed E-state index contributed by atoms with van der Waals surface area (Å²) in [6.07, 6.45) is 6.16. The van der Waals surface area contributed by atoms with Gasteiger partial charge in [-0.1, -0.05) is 23.7 Å². The third-order valence-electron chi connectivity index (χ3n) is 4.66. The molecule has 2 heterocycles. The Hall–Kier alpha value is -2.18. The summed E-state index contributed by atoms with van der Waals surface area (Å²) in [5.41, 5.74) is 1.94. The number of hydrogen-bond donors (Lipinski definition) is 1. The van der Waals surface area contributed by atoms with E-state index in [1.54, 1.807) is 15.7 Å². The molecule has 0 spiro atoms. The van der Waals surface area contributed by atoms with Crippen LogP contribution in [-0.2, 0) is 19.3 Å². The summed E-state index contributed by atoms with van der Waals surface area (Å²) in [6.45, 7) is 0.449. The highest BCUT2D eigenvalue weighted by Gasteiger charge is 2.21. The van der Waals surface area contributed by atoms with E-state index in [1.165, 1.54) is 11.1 Å². The van der Waals surface area contributed by atoms with Crippen molar-refractivity contribution in [2.24, 2.45) is 0 Å². The Morgan fingerprint density at radius 1 is 1.23 bits per heavy atom. The molecule has 1 amide bonds. The second kappa shape index (κ2) is 7.21. The highest BCUT2D eigenvalue weighted by molar-refractivity contribution is 7.17. The maximum atomic E-state index is 12.8. The van der Waals surface area contributed by atoms with Crippen molar-refractivity contribution < 1.29 is 4.79 Å². The fourth-order valence-corrected chi connectivity index (χ4v) is 4.58. The Bertz CT molecular complexity index is 1020. The summed E-state index contributed by atoms with van der Waals surface area (Å²) in [5, 5.41) is 3.50. The highest BCUT2D eigenvalue weighted by atomic mass is 35.5. The summed E-state index contributed by atoms with van der Waals surface area (Å²) in [4.78, 5) is 31.5. The van der Waals surface area contributed by atoms with Gasteiger partial charge in [0.05, 0.1) is 0 Å². The van der Waals surface area contributed by atoms with Crippen LogP contribution in [0.4, 0.5) is 0 Å². The van der Waals surface area contributed by atoms with Crippen LogP contribution in [0.1, 0.15) is 39.3 Å². The number of thiazole rings is 1. The lowest BCUT2D eigenvalue weighted by molar-refractivity contribution is 0.0952. The molecule has 1 aliphatic carbocycles. The van der Waals surface area contributed by atoms with E-state index >= 15 is 0 Å². The van der Waals surface area contributed by atoms with Gasteiger partial charge in [-0.2, -0.15) is 0 Å². The number of fused-ring (bicyclic) bond motifs is 3. The largest absolute Gasteiger partial charge is 0.351 e. The van der Waals surface area contributed by atoms with Crippen molar-refractivity contribution in [3.63, 3.8) is 0 Å². The molecule has 4 rings (SSSR count). The lowest BCUT2D eigenvalue weighted by atomic mass is 10.0. The van der Waals surface area contributed by atoms with Crippen LogP contribution >= 0.6 is 22.9 Å². The van der Waals surface area contributed by atoms with E-state index in [-0.39, 0.29) is 17.0 Å². The third-order valence-corrected chi connectivity index (χ3v) is 6.07. The van der Waals surface area contributed by atoms with Gasteiger partial charge in [-0.3, -0.25) is 14.0 Å². The summed E-state index contributed by atoms with van der Waals surface area (Å²) < 4.78 is 1.63. The predicted octanol–water partition coefficient (Wildman–Crippen LogP) is 3.26. The van der Waals surface area contributed by atoms with Crippen molar-refractivity contribution >= 4 is 33.8 Å². The van der Waals surface area contributed by atoms with E-state index in [0.717, 1.165) is 36.9 Å². The molecule has 5 nitrogen and oxygen atoms in total. The first-order valence-electron chi connectivity index (χ1n) is 8.68. The van der Waals surface area contributed by atoms with Gasteiger partial charge in [-0.05, 0) is 49.8 Å². The van der Waals surface area contributed by atoms with Crippen molar-refractivity contribution in [3.8, 4) is 0 Å². The second-order valence-corrected chi connectivity index (χ2v) is 7.90. The zero-order chi connectivity index (χ0) is 18.1. The number of amides is 1. The molecule has 7 heteroatoms. The Kier molecular flexibility index (Phi) is 4.78. The van der Waals surface area contributed by atoms with E-state index in [2.05, 4.69) is 10.3 Å². The Balaban J connectivity index is 1.52. The molecule has 0 radical (unpaired) electrons. The zero-order valence-electron chi connectivity index (χ0n) is 14.1. The smallest absolute Gasteiger partial charge is 0.271 e. The SMILES string of the molecule is O=C(NCCc1ccc(Cl)cc1)c1cnc2sc3c(n2c1=O)CCCC3. The molecule has 26 heavy (non-hydrogen) atoms. The summed E-state index contributed by atoms with van der Waals surface area (Å²) >= 11 is 7.43. The number of hydrogen-bond acceptors (Lipinski definition) is 4. The lowest BCUT2D eigenvalue weighted by Gasteiger charge is -2.10. The number of nitrogens with zero attached hydrogens (tertiary/aromatic N) is 2. The molecule has 1 N–H and O–H groups in total. The van der Waals surface area contributed by atoms with E-state index in [1.807, 2.05) is 24.3 Å². The van der Waals surface area contributed by atoms with E-state index < -0.39 is 0 Å². The molecule has 1 aromatic carbocycles. The standard InChI is InChI=1S/C19H18ClN3O2S/c20-13-7-5-12(6-8-13)9-10-21-17(24)14-11-22-19-23(18(14)25)15-3-1-2-4-16(15)26-19/h5-8,11H,1-4,9-10H2,(H,21,24). The second-order valence-electron chi connectivity index (χ2n) is 6.41. The molecular weight excluding hydrogens is 370 g/mol. The minimum absolute atomic E-state index is 0.102. The molecule has 0 unspecified atom stereocenters. The Morgan fingerprint density at radius 2 is 2.00 bits per heavy atom. The van der Waals surface area contributed by atoms with E-state index in [9.17, 15) is 9.59 Å². The van der Waals surface area contributed by atoms with Crippen LogP contribution in [0.15, 0.2) is 35.3 Å². The van der Waals surface area contributed by atoms with Gasteiger partial charge >= 0.3 is 0 Å². The van der Waals surface area contributed by atoms with E-state index in [0.29, 0.717) is 22.9 Å². The van der Waals surface area contributed by atoms with Gasteiger partial charge in [-0.15, -0.1) is 11.3 Å². The maximum absolute atomic E-state index is 12.8. The number of nitrogens with one attached hydrogen (secondary N) is 1. The molecule has 134 valence electrons. The molecular formula is C19H18ClN3O2S. The van der Waals surface area contributed by atoms with Crippen molar-refractivity contribution in [3.05, 3.63) is 67.5 Å². The topological polar surface area (TPSA) is 63.5 Å². The summed E-state index contributed by atoms with van der Waals surface area (Å²) in [7, 11) is 0. The van der Waals surface area contributed by atoms with Crippen molar-refractivity contribution in [2.45, 2.75) is 32.1 Å². The van der Waals surface area contributed by atoms with Crippen LogP contribution in [0.2, 0.25) is 5.02 Å². The zero-order valence-corrected chi connectivity index (χ0v) is 15.7. The number of benzene rings is 1. The molecule has 0 fully saturated rings. The number of aryl methyl sites for hydroxylation is 2. The van der Waals surface area contributed by atoms with Gasteiger partial charge in [0, 0.05) is 28.3 Å². The molecule has 0 bridgehead atoms. The van der Waals surface area contributed by atoms with Gasteiger partial charge in [0.25, 0.3) is 11.5 Å². The molecule has 0 aliphatic heterocycles. The van der Waals surface area contributed by atoms with Crippen molar-refractivity contribution in [2.75, 3.05) is 6.54 Å². The van der Waals surface area contributed by atoms with Gasteiger partial charge in [0.1, 0.15) is 5.56 Å². The van der Waals surface area contributed by atoms with Gasteiger partial charge in [0.15, 0.2) is 4.96 Å². The lowest BCUT2D eigenvalue weighted by Crippen LogP contribution is -2.33. The average Bonchev–Trinajstić information content (AvgIpc) is 3.03. The molecule has 0 saturated carbocycles. The van der Waals surface area contributed by atoms with Gasteiger partial charge in [0.2, 0.25) is 0 Å². The monoisotopic (exact) mass is 387 g/mol. The summed E-state index contributed by atoms with van der Waals surface area (Å²) in [5.74, 6) is -0.373. The molecule has 0 saturated heterocycles. The minimum Gasteiger partial charge on any atom is -0.351 e. The Labute approximate surface area is 159 Å². The van der Waals surface area contributed by atoms with Crippen LogP contribution in [0.5, 0.6) is 0 Å². The fourth-order valence-electron chi connectivity index (χ4n) is 3.29. The molecule has 2 aromatic heterocycles. The van der Waals surface area contributed by atoms with Gasteiger partial charge < -0.3 is 5.32 Å². The molecule has 0 atom stereocenters. The number of halogens is 1. The predicted molar refractivity (Wildman–Crippen MR) is 103 cm³/mol. The van der Waals surface area contributed by atoms with Crippen LogP contribution in [-0.4, -0.2) is 21.8 Å². The van der Waals surface area contributed by atoms with Crippen LogP contribution in [0.3, 0.4) is 0 Å². The maximum Gasteiger partial charge on any atom is 0.271 e. The van der Waals surface area contributed by atoms with Gasteiger partial charge in [-0.25, -0.2) is 4.98 Å². The number of rotatable bonds is 4. The van der Waals surface area contributed by atoms with Crippen LogP contribution in [0.25, 0.3) is 4.96 Å². The van der Waals surface area contributed by atoms with Crippen molar-refractivity contribution in [1.82, 2.24) is 14.7 Å². The first kappa shape index (κ1) is 17.2. The van der Waals surface area contributed by atoms with Crippen molar-refractivity contribution in [1.29, 1.82) is 0 Å². The highest BCUT2D eigenvalue weighted by Crippen LogP contribution is 2.28. The quantitative estimate of drug-likeness (QED) is 0.747. The number of carbonyl (C=O) groups is 1. The Morgan fingerprint density at radius 3 is 2.81 bits per heavy atom. The third kappa shape index (κ3) is 3.27. The van der Waals surface area contributed by atoms with Crippen LogP contribution < -0.4 is 10.9 Å². The van der Waals surface area contributed by atoms with Crippen LogP contribution in [0, 0.1) is 0 Å². The fraction of sp³-hybridized carbons (Fsp3) is 0.316. The first-order valence-corrected chi connectivity index (χ1v) is 9.88. The van der Waals surface area contributed by atoms with E-state index in [4.69, 9.17) is 11.6 Å². The summed E-state index contributed by atoms with van der Waals surface area (Å²) in [6, 6.07) is 7.49. The molecule has 1 aliphatic rings. The normalized spacial score (nSPS) is 13.6.